The van der Waals surface area contributed by atoms with Crippen LogP contribution in [0, 0.1) is 0 Å². The lowest BCUT2D eigenvalue weighted by Gasteiger charge is -2.31. The van der Waals surface area contributed by atoms with E-state index >= 15 is 0 Å². The molecule has 0 unspecified atom stereocenters. The number of aryl methyl sites for hydroxylation is 1. The Bertz CT molecular complexity index is 826. The summed E-state index contributed by atoms with van der Waals surface area (Å²) < 4.78 is 28.3. The number of piperidine rings is 1. The van der Waals surface area contributed by atoms with E-state index in [9.17, 15) is 13.2 Å². The Labute approximate surface area is 127 Å². The van der Waals surface area contributed by atoms with E-state index in [4.69, 9.17) is 0 Å². The van der Waals surface area contributed by atoms with Crippen LogP contribution < -0.4 is 5.69 Å². The lowest BCUT2D eigenvalue weighted by Crippen LogP contribution is -2.39. The first kappa shape index (κ1) is 14.9. The second kappa shape index (κ2) is 5.65. The molecule has 1 atom stereocenters. The molecule has 2 aromatic heterocycles. The Hall–Kier alpha value is -2.00. The fourth-order valence-electron chi connectivity index (χ4n) is 2.69. The minimum atomic E-state index is -3.60. The molecule has 9 heteroatoms. The fourth-order valence-corrected chi connectivity index (χ4v) is 4.18. The molecule has 8 nitrogen and oxygen atoms in total. The number of nitrogens with one attached hydrogen (secondary N) is 1. The third-order valence-electron chi connectivity index (χ3n) is 3.81. The van der Waals surface area contributed by atoms with Crippen LogP contribution in [0.2, 0.25) is 0 Å². The predicted octanol–water partition coefficient (Wildman–Crippen LogP) is 0.0717. The molecule has 0 radical (unpaired) electrons. The van der Waals surface area contributed by atoms with Gasteiger partial charge in [-0.15, -0.1) is 0 Å². The quantitative estimate of drug-likeness (QED) is 0.861. The van der Waals surface area contributed by atoms with Gasteiger partial charge in [-0.2, -0.15) is 4.31 Å². The first-order valence-corrected chi connectivity index (χ1v) is 8.44. The van der Waals surface area contributed by atoms with Crippen molar-refractivity contribution in [1.82, 2.24) is 23.8 Å². The smallest absolute Gasteiger partial charge is 0.339 e. The number of hydrogen-bond donors (Lipinski definition) is 1. The normalized spacial score (nSPS) is 20.1. The molecule has 22 heavy (non-hydrogen) atoms. The molecule has 1 saturated heterocycles. The van der Waals surface area contributed by atoms with E-state index < -0.39 is 15.7 Å². The third-order valence-corrected chi connectivity index (χ3v) is 5.56. The molecule has 0 bridgehead atoms. The maximum absolute atomic E-state index is 12.6. The molecule has 0 saturated carbocycles. The monoisotopic (exact) mass is 323 g/mol. The summed E-state index contributed by atoms with van der Waals surface area (Å²) >= 11 is 0. The molecular weight excluding hydrogens is 306 g/mol. The van der Waals surface area contributed by atoms with Crippen molar-refractivity contribution in [3.05, 3.63) is 41.0 Å². The van der Waals surface area contributed by atoms with Gasteiger partial charge in [-0.05, 0) is 18.9 Å². The Morgan fingerprint density at radius 3 is 2.86 bits per heavy atom. The Kier molecular flexibility index (Phi) is 3.83. The number of aromatic nitrogens is 4. The van der Waals surface area contributed by atoms with Crippen molar-refractivity contribution in [3.8, 4) is 0 Å². The number of aromatic amines is 1. The zero-order valence-corrected chi connectivity index (χ0v) is 13.0. The van der Waals surface area contributed by atoms with Gasteiger partial charge in [0.1, 0.15) is 0 Å². The summed E-state index contributed by atoms with van der Waals surface area (Å²) in [7, 11) is -1.87. The van der Waals surface area contributed by atoms with Gasteiger partial charge >= 0.3 is 5.69 Å². The summed E-state index contributed by atoms with van der Waals surface area (Å²) in [5, 5.41) is 0.0545. The van der Waals surface area contributed by atoms with E-state index in [1.54, 1.807) is 17.7 Å². The van der Waals surface area contributed by atoms with Crippen LogP contribution in [0.15, 0.2) is 34.6 Å². The zero-order valence-electron chi connectivity index (χ0n) is 12.1. The van der Waals surface area contributed by atoms with Crippen LogP contribution in [0.4, 0.5) is 0 Å². The number of nitrogens with zero attached hydrogens (tertiary/aromatic N) is 4. The standard InChI is InChI=1S/C13H17N5O3S/c1-17-8-12(15-9-17)22(20,21)18-6-2-3-10(7-18)11-4-5-14-13(19)16-11/h4-5,8-10H,2-3,6-7H2,1H3,(H,14,16,19)/t10-/m1/s1. The predicted molar refractivity (Wildman–Crippen MR) is 78.8 cm³/mol. The van der Waals surface area contributed by atoms with Crippen LogP contribution in [-0.2, 0) is 17.1 Å². The highest BCUT2D eigenvalue weighted by Crippen LogP contribution is 2.28. The SMILES string of the molecule is Cn1cnc(S(=O)(=O)N2CCC[C@@H](c3ccnc(=O)[nH]3)C2)c1. The van der Waals surface area contributed by atoms with Gasteiger partial charge in [0, 0.05) is 44.1 Å². The van der Waals surface area contributed by atoms with E-state index in [2.05, 4.69) is 15.0 Å². The van der Waals surface area contributed by atoms with Crippen LogP contribution in [-0.4, -0.2) is 45.3 Å². The second-order valence-corrected chi connectivity index (χ2v) is 7.29. The van der Waals surface area contributed by atoms with Crippen molar-refractivity contribution in [1.29, 1.82) is 0 Å². The van der Waals surface area contributed by atoms with Gasteiger partial charge in [0.2, 0.25) is 0 Å². The number of sulfonamides is 1. The Balaban J connectivity index is 1.85. The highest BCUT2D eigenvalue weighted by molar-refractivity contribution is 7.89. The van der Waals surface area contributed by atoms with Gasteiger partial charge in [0.15, 0.2) is 5.03 Å². The molecule has 1 aliphatic heterocycles. The maximum atomic E-state index is 12.6. The van der Waals surface area contributed by atoms with Gasteiger partial charge in [0.25, 0.3) is 10.0 Å². The molecular formula is C13H17N5O3S. The maximum Gasteiger partial charge on any atom is 0.345 e. The molecule has 1 fully saturated rings. The lowest BCUT2D eigenvalue weighted by molar-refractivity contribution is 0.311. The molecule has 0 amide bonds. The summed E-state index contributed by atoms with van der Waals surface area (Å²) in [5.74, 6) is -0.0389. The average Bonchev–Trinajstić information content (AvgIpc) is 2.95. The minimum Gasteiger partial charge on any atom is -0.339 e. The van der Waals surface area contributed by atoms with E-state index in [1.165, 1.54) is 23.0 Å². The molecule has 0 aromatic carbocycles. The van der Waals surface area contributed by atoms with Crippen LogP contribution >= 0.6 is 0 Å². The number of rotatable bonds is 3. The summed E-state index contributed by atoms with van der Waals surface area (Å²) in [4.78, 5) is 21.5. The molecule has 0 spiro atoms. The summed E-state index contributed by atoms with van der Waals surface area (Å²) in [6.07, 6.45) is 5.97. The van der Waals surface area contributed by atoms with Crippen molar-refractivity contribution >= 4 is 10.0 Å². The summed E-state index contributed by atoms with van der Waals surface area (Å²) in [6, 6.07) is 1.73. The minimum absolute atomic E-state index is 0.0389. The van der Waals surface area contributed by atoms with Crippen molar-refractivity contribution in [2.75, 3.05) is 13.1 Å². The first-order chi connectivity index (χ1) is 10.5. The number of imidazole rings is 1. The van der Waals surface area contributed by atoms with Gasteiger partial charge in [0.05, 0.1) is 6.33 Å². The van der Waals surface area contributed by atoms with Crippen molar-refractivity contribution in [2.24, 2.45) is 7.05 Å². The van der Waals surface area contributed by atoms with Gasteiger partial charge in [-0.1, -0.05) is 0 Å². The summed E-state index contributed by atoms with van der Waals surface area (Å²) in [5.41, 5.74) is 0.308. The average molecular weight is 323 g/mol. The Morgan fingerprint density at radius 2 is 2.18 bits per heavy atom. The molecule has 1 N–H and O–H groups in total. The molecule has 3 rings (SSSR count). The molecule has 3 heterocycles. The summed E-state index contributed by atoms with van der Waals surface area (Å²) in [6.45, 7) is 0.795. The van der Waals surface area contributed by atoms with Crippen LogP contribution in [0.3, 0.4) is 0 Å². The number of H-pyrrole nitrogens is 1. The molecule has 0 aliphatic carbocycles. The van der Waals surface area contributed by atoms with Gasteiger partial charge in [-0.25, -0.2) is 23.2 Å². The van der Waals surface area contributed by atoms with Crippen LogP contribution in [0.5, 0.6) is 0 Å². The largest absolute Gasteiger partial charge is 0.345 e. The van der Waals surface area contributed by atoms with Crippen molar-refractivity contribution in [2.45, 2.75) is 23.8 Å². The second-order valence-electron chi connectivity index (χ2n) is 5.41. The lowest BCUT2D eigenvalue weighted by atomic mass is 9.96. The first-order valence-electron chi connectivity index (χ1n) is 7.00. The molecule has 1 aliphatic rings. The van der Waals surface area contributed by atoms with E-state index in [0.29, 0.717) is 13.1 Å². The van der Waals surface area contributed by atoms with E-state index in [0.717, 1.165) is 18.5 Å². The highest BCUT2D eigenvalue weighted by Gasteiger charge is 2.32. The van der Waals surface area contributed by atoms with Crippen molar-refractivity contribution < 1.29 is 8.42 Å². The fraction of sp³-hybridized carbons (Fsp3) is 0.462. The van der Waals surface area contributed by atoms with E-state index in [1.807, 2.05) is 0 Å². The highest BCUT2D eigenvalue weighted by atomic mass is 32.2. The van der Waals surface area contributed by atoms with Crippen molar-refractivity contribution in [3.63, 3.8) is 0 Å². The topological polar surface area (TPSA) is 101 Å². The zero-order chi connectivity index (χ0) is 15.7. The van der Waals surface area contributed by atoms with Gasteiger partial charge < -0.3 is 9.55 Å². The van der Waals surface area contributed by atoms with Crippen LogP contribution in [0.1, 0.15) is 24.5 Å². The Morgan fingerprint density at radius 1 is 1.36 bits per heavy atom. The number of hydrogen-bond acceptors (Lipinski definition) is 5. The van der Waals surface area contributed by atoms with Gasteiger partial charge in [-0.3, -0.25) is 0 Å². The molecule has 118 valence electrons. The third kappa shape index (κ3) is 2.81. The molecule has 2 aromatic rings. The van der Waals surface area contributed by atoms with E-state index in [-0.39, 0.29) is 10.9 Å². The van der Waals surface area contributed by atoms with Crippen LogP contribution in [0.25, 0.3) is 0 Å².